The van der Waals surface area contributed by atoms with Gasteiger partial charge in [-0.25, -0.2) is 14.6 Å². The number of benzene rings is 2. The first-order chi connectivity index (χ1) is 12.4. The van der Waals surface area contributed by atoms with Crippen molar-refractivity contribution >= 4 is 28.6 Å². The van der Waals surface area contributed by atoms with E-state index in [0.29, 0.717) is 16.9 Å². The maximum absolute atomic E-state index is 12.8. The topological polar surface area (TPSA) is 114 Å². The average molecular weight is 349 g/mol. The van der Waals surface area contributed by atoms with Crippen molar-refractivity contribution in [2.24, 2.45) is 0 Å². The van der Waals surface area contributed by atoms with Gasteiger partial charge < -0.3 is 14.9 Å². The lowest BCUT2D eigenvalue weighted by molar-refractivity contribution is 0.0685. The van der Waals surface area contributed by atoms with Crippen LogP contribution in [0.25, 0.3) is 22.2 Å². The summed E-state index contributed by atoms with van der Waals surface area (Å²) in [6.45, 7) is 0. The van der Waals surface area contributed by atoms with Crippen molar-refractivity contribution < 1.29 is 29.3 Å². The van der Waals surface area contributed by atoms with Crippen molar-refractivity contribution in [3.05, 3.63) is 58.7 Å². The van der Waals surface area contributed by atoms with Crippen LogP contribution in [0.4, 0.5) is 0 Å². The molecule has 0 saturated carbocycles. The highest BCUT2D eigenvalue weighted by molar-refractivity contribution is 6.28. The summed E-state index contributed by atoms with van der Waals surface area (Å²) in [6, 6.07) is 8.97. The molecule has 0 bridgehead atoms. The van der Waals surface area contributed by atoms with Gasteiger partial charge in [-0.1, -0.05) is 12.1 Å². The Hall–Kier alpha value is -3.74. The summed E-state index contributed by atoms with van der Waals surface area (Å²) >= 11 is 0. The number of hydrogen-bond donors (Lipinski definition) is 2. The standard InChI is InChI=1S/C19H11NO6/c1-26-8-5-6-9-12(7-8)16-14(17(9)21)13(19(24)25)10-3-2-4-11(18(22)23)15(10)20-16/h2-7H,1H3,(H,22,23)(H,24,25). The SMILES string of the molecule is COc1ccc2c(c1)-c1nc3c(C(=O)O)cccc3c(C(=O)O)c1C2=O. The van der Waals surface area contributed by atoms with Crippen LogP contribution in [0.15, 0.2) is 36.4 Å². The maximum atomic E-state index is 12.8. The maximum Gasteiger partial charge on any atom is 0.337 e. The monoisotopic (exact) mass is 349 g/mol. The Balaban J connectivity index is 2.19. The third-order valence-electron chi connectivity index (χ3n) is 4.41. The highest BCUT2D eigenvalue weighted by atomic mass is 16.5. The second-order valence-electron chi connectivity index (χ2n) is 5.76. The fraction of sp³-hybridized carbons (Fsp3) is 0.0526. The Bertz CT molecular complexity index is 1150. The molecule has 7 heteroatoms. The number of rotatable bonds is 3. The van der Waals surface area contributed by atoms with Gasteiger partial charge in [-0.05, 0) is 24.3 Å². The van der Waals surface area contributed by atoms with Crippen LogP contribution in [0.3, 0.4) is 0 Å². The minimum atomic E-state index is -1.32. The summed E-state index contributed by atoms with van der Waals surface area (Å²) in [4.78, 5) is 40.6. The van der Waals surface area contributed by atoms with E-state index < -0.39 is 17.7 Å². The van der Waals surface area contributed by atoms with Crippen LogP contribution >= 0.6 is 0 Å². The number of aromatic nitrogens is 1. The van der Waals surface area contributed by atoms with Gasteiger partial charge in [-0.2, -0.15) is 0 Å². The number of ether oxygens (including phenoxy) is 1. The Morgan fingerprint density at radius 3 is 2.46 bits per heavy atom. The first-order valence-electron chi connectivity index (χ1n) is 7.60. The van der Waals surface area contributed by atoms with Crippen LogP contribution in [-0.4, -0.2) is 40.0 Å². The second kappa shape index (κ2) is 5.38. The minimum absolute atomic E-state index is 0.0274. The first-order valence-corrected chi connectivity index (χ1v) is 7.60. The number of carboxylic acids is 2. The molecule has 1 aliphatic rings. The zero-order valence-electron chi connectivity index (χ0n) is 13.4. The van der Waals surface area contributed by atoms with Crippen molar-refractivity contribution in [1.82, 2.24) is 4.98 Å². The van der Waals surface area contributed by atoms with Gasteiger partial charge in [0.15, 0.2) is 5.78 Å². The molecule has 0 spiro atoms. The Morgan fingerprint density at radius 1 is 1.04 bits per heavy atom. The predicted octanol–water partition coefficient (Wildman–Crippen LogP) is 2.85. The lowest BCUT2D eigenvalue weighted by Crippen LogP contribution is -2.10. The van der Waals surface area contributed by atoms with Crippen LogP contribution in [0.2, 0.25) is 0 Å². The number of carbonyl (C=O) groups is 3. The van der Waals surface area contributed by atoms with Gasteiger partial charge in [0.25, 0.3) is 0 Å². The summed E-state index contributed by atoms with van der Waals surface area (Å²) in [5, 5.41) is 19.3. The molecule has 2 N–H and O–H groups in total. The number of nitrogens with zero attached hydrogens (tertiary/aromatic N) is 1. The quantitative estimate of drug-likeness (QED) is 0.584. The predicted molar refractivity (Wildman–Crippen MR) is 91.1 cm³/mol. The molecule has 0 aliphatic heterocycles. The molecule has 26 heavy (non-hydrogen) atoms. The van der Waals surface area contributed by atoms with E-state index in [1.54, 1.807) is 18.2 Å². The summed E-state index contributed by atoms with van der Waals surface area (Å²) < 4.78 is 5.17. The number of carboxylic acid groups (broad SMARTS) is 2. The van der Waals surface area contributed by atoms with E-state index in [2.05, 4.69) is 4.98 Å². The summed E-state index contributed by atoms with van der Waals surface area (Å²) in [7, 11) is 1.47. The fourth-order valence-corrected chi connectivity index (χ4v) is 3.28. The molecular weight excluding hydrogens is 338 g/mol. The normalized spacial score (nSPS) is 12.0. The molecule has 0 unspecified atom stereocenters. The van der Waals surface area contributed by atoms with Crippen LogP contribution in [0.5, 0.6) is 5.75 Å². The molecule has 0 radical (unpaired) electrons. The number of hydrogen-bond acceptors (Lipinski definition) is 5. The number of fused-ring (bicyclic) bond motifs is 4. The molecule has 1 heterocycles. The third-order valence-corrected chi connectivity index (χ3v) is 4.41. The van der Waals surface area contributed by atoms with Gasteiger partial charge in [0.2, 0.25) is 0 Å². The molecule has 128 valence electrons. The molecule has 7 nitrogen and oxygen atoms in total. The van der Waals surface area contributed by atoms with E-state index in [4.69, 9.17) is 4.74 Å². The summed E-state index contributed by atoms with van der Waals surface area (Å²) in [6.07, 6.45) is 0. The van der Waals surface area contributed by atoms with Gasteiger partial charge in [-0.15, -0.1) is 0 Å². The van der Waals surface area contributed by atoms with Crippen molar-refractivity contribution in [1.29, 1.82) is 0 Å². The van der Waals surface area contributed by atoms with Gasteiger partial charge in [0.05, 0.1) is 35.0 Å². The molecule has 2 aromatic carbocycles. The molecule has 0 atom stereocenters. The zero-order chi connectivity index (χ0) is 18.6. The van der Waals surface area contributed by atoms with E-state index in [1.807, 2.05) is 0 Å². The first kappa shape index (κ1) is 15.8. The Kier molecular flexibility index (Phi) is 3.27. The lowest BCUT2D eigenvalue weighted by atomic mass is 9.98. The molecule has 1 aromatic heterocycles. The highest BCUT2D eigenvalue weighted by Crippen LogP contribution is 2.41. The average Bonchev–Trinajstić information content (AvgIpc) is 2.90. The Labute approximate surface area is 146 Å². The van der Waals surface area contributed by atoms with Crippen molar-refractivity contribution in [2.75, 3.05) is 7.11 Å². The summed E-state index contributed by atoms with van der Waals surface area (Å²) in [5.41, 5.74) is 0.514. The number of carbonyl (C=O) groups excluding carboxylic acids is 1. The van der Waals surface area contributed by atoms with Gasteiger partial charge in [0.1, 0.15) is 5.75 Å². The smallest absolute Gasteiger partial charge is 0.337 e. The van der Waals surface area contributed by atoms with E-state index in [9.17, 15) is 24.6 Å². The van der Waals surface area contributed by atoms with E-state index in [0.717, 1.165) is 0 Å². The number of ketones is 1. The lowest BCUT2D eigenvalue weighted by Gasteiger charge is -2.10. The molecule has 3 aromatic rings. The second-order valence-corrected chi connectivity index (χ2v) is 5.76. The number of aromatic carboxylic acids is 2. The minimum Gasteiger partial charge on any atom is -0.497 e. The molecule has 0 amide bonds. The zero-order valence-corrected chi connectivity index (χ0v) is 13.4. The molecular formula is C19H11NO6. The fourth-order valence-electron chi connectivity index (χ4n) is 3.28. The van der Waals surface area contributed by atoms with Crippen LogP contribution in [0.1, 0.15) is 36.6 Å². The van der Waals surface area contributed by atoms with Gasteiger partial charge in [0, 0.05) is 16.5 Å². The third kappa shape index (κ3) is 2.00. The summed E-state index contributed by atoms with van der Waals surface area (Å²) in [5.74, 6) is -2.52. The molecule has 0 saturated heterocycles. The van der Waals surface area contributed by atoms with Crippen molar-refractivity contribution in [3.8, 4) is 17.0 Å². The Morgan fingerprint density at radius 2 is 1.81 bits per heavy atom. The number of methoxy groups -OCH3 is 1. The van der Waals surface area contributed by atoms with Crippen LogP contribution < -0.4 is 4.74 Å². The number of para-hydroxylation sites is 1. The van der Waals surface area contributed by atoms with E-state index in [-0.39, 0.29) is 33.3 Å². The largest absolute Gasteiger partial charge is 0.497 e. The van der Waals surface area contributed by atoms with E-state index in [1.165, 1.54) is 25.3 Å². The van der Waals surface area contributed by atoms with Gasteiger partial charge >= 0.3 is 11.9 Å². The van der Waals surface area contributed by atoms with Gasteiger partial charge in [-0.3, -0.25) is 4.79 Å². The highest BCUT2D eigenvalue weighted by Gasteiger charge is 2.35. The molecule has 0 fully saturated rings. The van der Waals surface area contributed by atoms with Crippen LogP contribution in [-0.2, 0) is 0 Å². The van der Waals surface area contributed by atoms with Crippen molar-refractivity contribution in [3.63, 3.8) is 0 Å². The molecule has 1 aliphatic carbocycles. The van der Waals surface area contributed by atoms with E-state index >= 15 is 0 Å². The van der Waals surface area contributed by atoms with Crippen molar-refractivity contribution in [2.45, 2.75) is 0 Å². The molecule has 4 rings (SSSR count). The van der Waals surface area contributed by atoms with Crippen LogP contribution in [0, 0.1) is 0 Å². The number of pyridine rings is 1.